The zero-order valence-electron chi connectivity index (χ0n) is 17.0. The zero-order chi connectivity index (χ0) is 20.8. The van der Waals surface area contributed by atoms with Crippen LogP contribution in [0.15, 0.2) is 28.5 Å². The van der Waals surface area contributed by atoms with Gasteiger partial charge in [0.05, 0.1) is 11.8 Å². The summed E-state index contributed by atoms with van der Waals surface area (Å²) in [6, 6.07) is 5.53. The Labute approximate surface area is 175 Å². The second-order valence-corrected chi connectivity index (χ2v) is 7.91. The fraction of sp³-hybridized carbons (Fsp3) is 0.619. The third kappa shape index (κ3) is 4.79. The molecule has 0 bridgehead atoms. The summed E-state index contributed by atoms with van der Waals surface area (Å²) in [4.78, 5) is 22.8. The Morgan fingerprint density at radius 3 is 2.77 bits per heavy atom. The molecule has 1 amide bonds. The Morgan fingerprint density at radius 2 is 2.00 bits per heavy atom. The molecule has 1 aromatic rings. The number of carbonyl (C=O) groups excluding carboxylic acids is 1. The van der Waals surface area contributed by atoms with E-state index in [0.717, 1.165) is 62.9 Å². The van der Waals surface area contributed by atoms with Crippen molar-refractivity contribution in [2.75, 3.05) is 19.8 Å². The smallest absolute Gasteiger partial charge is 0.266 e. The van der Waals surface area contributed by atoms with Crippen LogP contribution in [0.1, 0.15) is 56.9 Å². The lowest BCUT2D eigenvalue weighted by atomic mass is 10.0. The molecule has 1 aliphatic carbocycles. The van der Waals surface area contributed by atoms with Gasteiger partial charge in [-0.3, -0.25) is 4.79 Å². The molecule has 1 atom stereocenters. The molecule has 0 spiro atoms. The van der Waals surface area contributed by atoms with Crippen LogP contribution >= 0.6 is 0 Å². The van der Waals surface area contributed by atoms with E-state index in [1.807, 2.05) is 17.0 Å². The van der Waals surface area contributed by atoms with Crippen LogP contribution in [0.2, 0.25) is 0 Å². The number of piperidine rings is 1. The van der Waals surface area contributed by atoms with Crippen molar-refractivity contribution < 1.29 is 19.1 Å². The highest BCUT2D eigenvalue weighted by atomic mass is 16.6. The average molecular weight is 413 g/mol. The number of hydrogen-bond acceptors (Lipinski definition) is 6. The van der Waals surface area contributed by atoms with Crippen LogP contribution < -0.4 is 9.47 Å². The van der Waals surface area contributed by atoms with Crippen LogP contribution in [0.4, 0.5) is 0 Å². The number of hydrogen-bond donors (Lipinski definition) is 0. The predicted molar refractivity (Wildman–Crippen MR) is 110 cm³/mol. The van der Waals surface area contributed by atoms with Gasteiger partial charge >= 0.3 is 0 Å². The van der Waals surface area contributed by atoms with Gasteiger partial charge in [-0.2, -0.15) is 0 Å². The molecule has 1 saturated carbocycles. The molecule has 3 aliphatic rings. The molecule has 160 valence electrons. The monoisotopic (exact) mass is 413 g/mol. The van der Waals surface area contributed by atoms with E-state index < -0.39 is 6.10 Å². The van der Waals surface area contributed by atoms with Gasteiger partial charge in [0.2, 0.25) is 6.10 Å². The van der Waals surface area contributed by atoms with E-state index in [2.05, 4.69) is 15.2 Å². The quantitative estimate of drug-likeness (QED) is 0.380. The van der Waals surface area contributed by atoms with Crippen molar-refractivity contribution in [2.45, 2.75) is 63.6 Å². The summed E-state index contributed by atoms with van der Waals surface area (Å²) < 4.78 is 11.7. The van der Waals surface area contributed by atoms with Gasteiger partial charge in [0.15, 0.2) is 18.2 Å². The number of ether oxygens (including phenoxy) is 2. The maximum atomic E-state index is 12.7. The maximum absolute atomic E-state index is 12.7. The molecule has 0 unspecified atom stereocenters. The molecule has 0 aromatic heterocycles. The van der Waals surface area contributed by atoms with Crippen molar-refractivity contribution in [3.05, 3.63) is 34.2 Å². The molecule has 30 heavy (non-hydrogen) atoms. The standard InChI is InChI=1S/C21H27N5O4/c22-25-23-14-28-18-9-8-15(12-19(18)29-16-6-2-3-7-16)17-13-20(30-24-17)21(27)26-10-4-1-5-11-26/h8-9,12,16,20H,1-7,10-11,13-14H2/t20-/m1/s1. The Hall–Kier alpha value is -2.93. The molecule has 2 heterocycles. The molecule has 4 rings (SSSR count). The molecule has 2 fully saturated rings. The first-order chi connectivity index (χ1) is 14.7. The average Bonchev–Trinajstić information content (AvgIpc) is 3.47. The lowest BCUT2D eigenvalue weighted by molar-refractivity contribution is -0.143. The van der Waals surface area contributed by atoms with Crippen molar-refractivity contribution in [2.24, 2.45) is 10.3 Å². The molecule has 0 N–H and O–H groups in total. The van der Waals surface area contributed by atoms with E-state index in [-0.39, 0.29) is 18.7 Å². The van der Waals surface area contributed by atoms with E-state index in [1.54, 1.807) is 6.07 Å². The normalized spacial score (nSPS) is 21.5. The molecule has 2 aliphatic heterocycles. The Balaban J connectivity index is 1.46. The Morgan fingerprint density at radius 1 is 1.20 bits per heavy atom. The predicted octanol–water partition coefficient (Wildman–Crippen LogP) is 4.16. The fourth-order valence-corrected chi connectivity index (χ4v) is 4.21. The second-order valence-electron chi connectivity index (χ2n) is 7.91. The van der Waals surface area contributed by atoms with Crippen molar-refractivity contribution >= 4 is 11.6 Å². The number of benzene rings is 1. The van der Waals surface area contributed by atoms with Gasteiger partial charge in [-0.05, 0) is 68.7 Å². The summed E-state index contributed by atoms with van der Waals surface area (Å²) in [7, 11) is 0. The number of likely N-dealkylation sites (tertiary alicyclic amines) is 1. The number of azide groups is 1. The third-order valence-corrected chi connectivity index (χ3v) is 5.83. The Bertz CT molecular complexity index is 840. The van der Waals surface area contributed by atoms with Crippen LogP contribution in [-0.2, 0) is 9.63 Å². The molecule has 1 aromatic carbocycles. The SMILES string of the molecule is [N-]=[N+]=NCOc1ccc(C2=NO[C@@H](C(=O)N3CCCCC3)C2)cc1OC1CCCC1. The van der Waals surface area contributed by atoms with Crippen molar-refractivity contribution in [3.63, 3.8) is 0 Å². The van der Waals surface area contributed by atoms with Crippen molar-refractivity contribution in [3.8, 4) is 11.5 Å². The highest BCUT2D eigenvalue weighted by Gasteiger charge is 2.33. The van der Waals surface area contributed by atoms with Crippen LogP contribution in [0.3, 0.4) is 0 Å². The molecule has 9 nitrogen and oxygen atoms in total. The van der Waals surface area contributed by atoms with Gasteiger partial charge in [0, 0.05) is 30.0 Å². The summed E-state index contributed by atoms with van der Waals surface area (Å²) in [5, 5.41) is 7.62. The van der Waals surface area contributed by atoms with Gasteiger partial charge in [-0.25, -0.2) is 0 Å². The zero-order valence-corrected chi connectivity index (χ0v) is 17.0. The summed E-state index contributed by atoms with van der Waals surface area (Å²) in [6.07, 6.45) is 7.63. The number of oxime groups is 1. The molecular weight excluding hydrogens is 386 g/mol. The van der Waals surface area contributed by atoms with E-state index in [0.29, 0.717) is 17.9 Å². The number of carbonyl (C=O) groups is 1. The molecule has 0 radical (unpaired) electrons. The van der Waals surface area contributed by atoms with Crippen LogP contribution in [0.5, 0.6) is 11.5 Å². The minimum atomic E-state index is -0.557. The third-order valence-electron chi connectivity index (χ3n) is 5.83. The highest BCUT2D eigenvalue weighted by molar-refractivity contribution is 6.04. The lowest BCUT2D eigenvalue weighted by Crippen LogP contribution is -2.42. The molecule has 1 saturated heterocycles. The van der Waals surface area contributed by atoms with E-state index in [4.69, 9.17) is 19.8 Å². The van der Waals surface area contributed by atoms with Crippen LogP contribution in [0, 0.1) is 0 Å². The van der Waals surface area contributed by atoms with Crippen LogP contribution in [0.25, 0.3) is 10.4 Å². The van der Waals surface area contributed by atoms with Crippen molar-refractivity contribution in [1.82, 2.24) is 4.90 Å². The first-order valence-corrected chi connectivity index (χ1v) is 10.7. The number of rotatable bonds is 7. The van der Waals surface area contributed by atoms with Gasteiger partial charge < -0.3 is 19.2 Å². The van der Waals surface area contributed by atoms with Gasteiger partial charge in [0.1, 0.15) is 0 Å². The minimum Gasteiger partial charge on any atom is -0.487 e. The topological polar surface area (TPSA) is 109 Å². The van der Waals surface area contributed by atoms with Crippen LogP contribution in [-0.4, -0.2) is 48.5 Å². The van der Waals surface area contributed by atoms with Crippen molar-refractivity contribution in [1.29, 1.82) is 0 Å². The van der Waals surface area contributed by atoms with Gasteiger partial charge in [0.25, 0.3) is 5.91 Å². The minimum absolute atomic E-state index is 0.0187. The fourth-order valence-electron chi connectivity index (χ4n) is 4.21. The number of amides is 1. The summed E-state index contributed by atoms with van der Waals surface area (Å²) in [5.74, 6) is 1.14. The first kappa shape index (κ1) is 20.3. The second kappa shape index (κ2) is 9.71. The summed E-state index contributed by atoms with van der Waals surface area (Å²) in [5.41, 5.74) is 10.0. The van der Waals surface area contributed by atoms with Gasteiger partial charge in [-0.1, -0.05) is 10.3 Å². The van der Waals surface area contributed by atoms with E-state index in [9.17, 15) is 4.79 Å². The lowest BCUT2D eigenvalue weighted by Gasteiger charge is -2.28. The summed E-state index contributed by atoms with van der Waals surface area (Å²) in [6.45, 7) is 1.49. The van der Waals surface area contributed by atoms with E-state index >= 15 is 0 Å². The highest BCUT2D eigenvalue weighted by Crippen LogP contribution is 2.34. The van der Waals surface area contributed by atoms with Gasteiger partial charge in [-0.15, -0.1) is 0 Å². The largest absolute Gasteiger partial charge is 0.487 e. The maximum Gasteiger partial charge on any atom is 0.266 e. The molecular formula is C21H27N5O4. The molecule has 9 heteroatoms. The number of nitrogens with zero attached hydrogens (tertiary/aromatic N) is 5. The Kier molecular flexibility index (Phi) is 6.59. The van der Waals surface area contributed by atoms with E-state index in [1.165, 1.54) is 6.42 Å². The first-order valence-electron chi connectivity index (χ1n) is 10.7. The summed E-state index contributed by atoms with van der Waals surface area (Å²) >= 11 is 0.